The van der Waals surface area contributed by atoms with Crippen LogP contribution in [0.3, 0.4) is 0 Å². The van der Waals surface area contributed by atoms with Crippen LogP contribution in [0.25, 0.3) is 0 Å². The van der Waals surface area contributed by atoms with Gasteiger partial charge in [-0.05, 0) is 28.8 Å². The van der Waals surface area contributed by atoms with Crippen LogP contribution in [0.2, 0.25) is 0 Å². The zero-order valence-electron chi connectivity index (χ0n) is 14.2. The largest absolute Gasteiger partial charge is 0.493 e. The summed E-state index contributed by atoms with van der Waals surface area (Å²) in [5.74, 6) is 1.49. The molecule has 0 saturated carbocycles. The van der Waals surface area contributed by atoms with Crippen molar-refractivity contribution in [2.24, 2.45) is 0 Å². The third-order valence-electron chi connectivity index (χ3n) is 5.42. The van der Waals surface area contributed by atoms with Gasteiger partial charge in [-0.25, -0.2) is 0 Å². The molecule has 1 spiro atoms. The van der Waals surface area contributed by atoms with Gasteiger partial charge in [-0.1, -0.05) is 18.2 Å². The van der Waals surface area contributed by atoms with Gasteiger partial charge in [-0.15, -0.1) is 0 Å². The highest BCUT2D eigenvalue weighted by Gasteiger charge is 2.53. The van der Waals surface area contributed by atoms with Crippen molar-refractivity contribution in [3.63, 3.8) is 0 Å². The van der Waals surface area contributed by atoms with Gasteiger partial charge in [-0.3, -0.25) is 4.79 Å². The van der Waals surface area contributed by atoms with Crippen molar-refractivity contribution in [3.05, 3.63) is 47.1 Å². The molecule has 5 heteroatoms. The van der Waals surface area contributed by atoms with Crippen LogP contribution in [-0.4, -0.2) is 44.8 Å². The van der Waals surface area contributed by atoms with E-state index in [1.807, 2.05) is 17.0 Å². The number of nitrogens with zero attached hydrogens (tertiary/aromatic N) is 1. The summed E-state index contributed by atoms with van der Waals surface area (Å²) in [6.45, 7) is 0.642. The van der Waals surface area contributed by atoms with E-state index in [1.165, 1.54) is 0 Å². The molecule has 5 nitrogen and oxygen atoms in total. The highest BCUT2D eigenvalue weighted by atomic mass is 16.5. The average molecular weight is 327 g/mol. The van der Waals surface area contributed by atoms with E-state index in [-0.39, 0.29) is 12.0 Å². The lowest BCUT2D eigenvalue weighted by atomic mass is 9.71. The maximum absolute atomic E-state index is 12.8. The fraction of sp³-hybridized carbons (Fsp3) is 0.421. The monoisotopic (exact) mass is 327 g/mol. The lowest BCUT2D eigenvalue weighted by Crippen LogP contribution is -2.53. The Hall–Kier alpha value is -2.27. The summed E-state index contributed by atoms with van der Waals surface area (Å²) in [7, 11) is 4.96. The highest BCUT2D eigenvalue weighted by molar-refractivity contribution is 5.85. The smallest absolute Gasteiger partial charge is 0.228 e. The Morgan fingerprint density at radius 1 is 1.17 bits per heavy atom. The molecule has 2 aliphatic heterocycles. The molecule has 1 aliphatic carbocycles. The molecule has 1 amide bonds. The zero-order valence-corrected chi connectivity index (χ0v) is 14.2. The molecule has 4 rings (SSSR count). The fourth-order valence-corrected chi connectivity index (χ4v) is 4.27. The first kappa shape index (κ1) is 15.3. The third kappa shape index (κ3) is 1.88. The second-order valence-electron chi connectivity index (χ2n) is 6.40. The minimum Gasteiger partial charge on any atom is -0.493 e. The predicted molar refractivity (Wildman–Crippen MR) is 89.3 cm³/mol. The first-order valence-electron chi connectivity index (χ1n) is 8.11. The molecule has 0 radical (unpaired) electrons. The molecule has 0 saturated heterocycles. The topological polar surface area (TPSA) is 48.0 Å². The summed E-state index contributed by atoms with van der Waals surface area (Å²) in [5, 5.41) is 0. The van der Waals surface area contributed by atoms with Crippen LogP contribution in [0.1, 0.15) is 17.5 Å². The number of benzene rings is 1. The number of hydrogen-bond acceptors (Lipinski definition) is 4. The van der Waals surface area contributed by atoms with Crippen LogP contribution >= 0.6 is 0 Å². The van der Waals surface area contributed by atoms with Gasteiger partial charge >= 0.3 is 0 Å². The summed E-state index contributed by atoms with van der Waals surface area (Å²) >= 11 is 0. The first-order valence-corrected chi connectivity index (χ1v) is 8.11. The van der Waals surface area contributed by atoms with Crippen molar-refractivity contribution in [1.29, 1.82) is 0 Å². The van der Waals surface area contributed by atoms with Gasteiger partial charge < -0.3 is 19.1 Å². The summed E-state index contributed by atoms with van der Waals surface area (Å²) in [4.78, 5) is 14.8. The Morgan fingerprint density at radius 2 is 1.92 bits per heavy atom. The van der Waals surface area contributed by atoms with E-state index in [9.17, 15) is 4.79 Å². The number of rotatable bonds is 3. The molecule has 0 unspecified atom stereocenters. The molecule has 2 atom stereocenters. The maximum Gasteiger partial charge on any atom is 0.228 e. The van der Waals surface area contributed by atoms with Crippen molar-refractivity contribution in [1.82, 2.24) is 4.90 Å². The van der Waals surface area contributed by atoms with Crippen molar-refractivity contribution in [2.45, 2.75) is 24.5 Å². The molecular weight excluding hydrogens is 306 g/mol. The number of fused-ring (bicyclic) bond motifs is 1. The van der Waals surface area contributed by atoms with E-state index in [0.29, 0.717) is 24.5 Å². The molecule has 126 valence electrons. The van der Waals surface area contributed by atoms with Crippen molar-refractivity contribution in [2.75, 3.05) is 27.9 Å². The number of methoxy groups -OCH3 is 3. The van der Waals surface area contributed by atoms with Gasteiger partial charge in [0.1, 0.15) is 0 Å². The summed E-state index contributed by atoms with van der Waals surface area (Å²) < 4.78 is 16.5. The standard InChI is InChI=1S/C19H21NO4/c1-22-14-5-4-13-6-7-20-18(21)9-12-8-16(23-2)17(24-3)10-15(12)19(13,20)11-14/h4-6,8,10,14H,7,9,11H2,1-3H3/t14-,19-/m0/s1. The van der Waals surface area contributed by atoms with Gasteiger partial charge in [0.25, 0.3) is 0 Å². The normalized spacial score (nSPS) is 27.3. The number of ether oxygens (including phenoxy) is 3. The Bertz CT molecular complexity index is 767. The van der Waals surface area contributed by atoms with Gasteiger partial charge in [-0.2, -0.15) is 0 Å². The second kappa shape index (κ2) is 5.38. The number of carbonyl (C=O) groups is 1. The molecule has 0 fully saturated rings. The summed E-state index contributed by atoms with van der Waals surface area (Å²) in [5.41, 5.74) is 2.83. The third-order valence-corrected chi connectivity index (χ3v) is 5.42. The minimum atomic E-state index is -0.459. The molecule has 0 aromatic heterocycles. The predicted octanol–water partition coefficient (Wildman–Crippen LogP) is 2.20. The van der Waals surface area contributed by atoms with E-state index in [2.05, 4.69) is 18.2 Å². The van der Waals surface area contributed by atoms with Crippen LogP contribution in [0, 0.1) is 0 Å². The highest BCUT2D eigenvalue weighted by Crippen LogP contribution is 2.52. The minimum absolute atomic E-state index is 0.0189. The van der Waals surface area contributed by atoms with Crippen molar-refractivity contribution in [3.8, 4) is 11.5 Å². The molecule has 1 aromatic rings. The van der Waals surface area contributed by atoms with E-state index in [1.54, 1.807) is 21.3 Å². The lowest BCUT2D eigenvalue weighted by molar-refractivity contribution is -0.136. The first-order chi connectivity index (χ1) is 11.6. The van der Waals surface area contributed by atoms with Crippen molar-refractivity contribution < 1.29 is 19.0 Å². The van der Waals surface area contributed by atoms with Gasteiger partial charge in [0.2, 0.25) is 5.91 Å². The van der Waals surface area contributed by atoms with Gasteiger partial charge in [0.05, 0.1) is 32.3 Å². The van der Waals surface area contributed by atoms with E-state index < -0.39 is 5.54 Å². The van der Waals surface area contributed by atoms with Crippen LogP contribution in [0.15, 0.2) is 35.9 Å². The van der Waals surface area contributed by atoms with Crippen LogP contribution in [0.4, 0.5) is 0 Å². The van der Waals surface area contributed by atoms with Crippen LogP contribution in [0.5, 0.6) is 11.5 Å². The molecular formula is C19H21NO4. The molecule has 0 N–H and O–H groups in total. The van der Waals surface area contributed by atoms with Crippen LogP contribution < -0.4 is 9.47 Å². The Labute approximate surface area is 141 Å². The average Bonchev–Trinajstić information content (AvgIpc) is 3.01. The van der Waals surface area contributed by atoms with E-state index in [4.69, 9.17) is 14.2 Å². The molecule has 24 heavy (non-hydrogen) atoms. The Kier molecular flexibility index (Phi) is 3.42. The zero-order chi connectivity index (χ0) is 16.9. The Balaban J connectivity index is 1.95. The van der Waals surface area contributed by atoms with E-state index in [0.717, 1.165) is 23.1 Å². The lowest BCUT2D eigenvalue weighted by Gasteiger charge is -2.48. The quantitative estimate of drug-likeness (QED) is 0.854. The SMILES string of the molecule is COc1cc2c(cc1OC)[C@]13C[C@@H](OC)C=CC1=CCN3C(=O)C2. The second-order valence-corrected chi connectivity index (χ2v) is 6.40. The van der Waals surface area contributed by atoms with Crippen LogP contribution in [-0.2, 0) is 21.5 Å². The van der Waals surface area contributed by atoms with Gasteiger partial charge in [0, 0.05) is 20.1 Å². The molecule has 0 bridgehead atoms. The molecule has 1 aromatic carbocycles. The van der Waals surface area contributed by atoms with Gasteiger partial charge in [0.15, 0.2) is 11.5 Å². The summed E-state index contributed by atoms with van der Waals surface area (Å²) in [6, 6.07) is 3.97. The Morgan fingerprint density at radius 3 is 2.62 bits per heavy atom. The number of amides is 1. The molecule has 3 aliphatic rings. The maximum atomic E-state index is 12.8. The van der Waals surface area contributed by atoms with E-state index >= 15 is 0 Å². The molecule has 2 heterocycles. The van der Waals surface area contributed by atoms with Crippen molar-refractivity contribution >= 4 is 5.91 Å². The number of hydrogen-bond donors (Lipinski definition) is 0. The number of carbonyl (C=O) groups excluding carboxylic acids is 1. The summed E-state index contributed by atoms with van der Waals surface area (Å²) in [6.07, 6.45) is 7.40. The fourth-order valence-electron chi connectivity index (χ4n) is 4.27.